The first-order valence-corrected chi connectivity index (χ1v) is 5.24. The Labute approximate surface area is 80.5 Å². The van der Waals surface area contributed by atoms with Crippen LogP contribution in [0.3, 0.4) is 0 Å². The minimum atomic E-state index is -0.0707. The van der Waals surface area contributed by atoms with Crippen molar-refractivity contribution in [2.45, 2.75) is 46.0 Å². The van der Waals surface area contributed by atoms with Gasteiger partial charge in [-0.05, 0) is 44.3 Å². The average molecular weight is 182 g/mol. The molecule has 0 N–H and O–H groups in total. The van der Waals surface area contributed by atoms with Gasteiger partial charge in [-0.1, -0.05) is 25.3 Å². The van der Waals surface area contributed by atoms with Crippen molar-refractivity contribution in [1.82, 2.24) is 0 Å². The lowest BCUT2D eigenvalue weighted by atomic mass is 9.83. The molecule has 0 amide bonds. The molecule has 1 aliphatic rings. The molecule has 0 saturated heterocycles. The van der Waals surface area contributed by atoms with E-state index >= 15 is 0 Å². The zero-order valence-electron chi connectivity index (χ0n) is 8.65. The zero-order valence-corrected chi connectivity index (χ0v) is 8.65. The van der Waals surface area contributed by atoms with Crippen molar-refractivity contribution in [2.24, 2.45) is 5.92 Å². The first-order chi connectivity index (χ1) is 6.24. The van der Waals surface area contributed by atoms with Crippen LogP contribution in [-0.2, 0) is 0 Å². The van der Waals surface area contributed by atoms with Crippen LogP contribution in [0.25, 0.3) is 0 Å². The number of allylic oxidation sites excluding steroid dienone is 4. The maximum atomic E-state index is 12.7. The molecule has 1 saturated carbocycles. The summed E-state index contributed by atoms with van der Waals surface area (Å²) in [4.78, 5) is 0. The van der Waals surface area contributed by atoms with Crippen LogP contribution in [0.4, 0.5) is 4.39 Å². The molecule has 0 aromatic carbocycles. The fourth-order valence-electron chi connectivity index (χ4n) is 2.10. The summed E-state index contributed by atoms with van der Waals surface area (Å²) in [5, 5.41) is 0. The fourth-order valence-corrected chi connectivity index (χ4v) is 2.10. The van der Waals surface area contributed by atoms with Crippen molar-refractivity contribution < 1.29 is 4.39 Å². The highest BCUT2D eigenvalue weighted by molar-refractivity contribution is 5.22. The Kier molecular flexibility index (Phi) is 4.20. The van der Waals surface area contributed by atoms with E-state index in [2.05, 4.69) is 6.08 Å². The second-order valence-electron chi connectivity index (χ2n) is 3.85. The van der Waals surface area contributed by atoms with Crippen LogP contribution < -0.4 is 0 Å². The number of halogens is 1. The summed E-state index contributed by atoms with van der Waals surface area (Å²) < 4.78 is 12.7. The van der Waals surface area contributed by atoms with Gasteiger partial charge >= 0.3 is 0 Å². The normalized spacial score (nSPS) is 22.1. The molecule has 1 rings (SSSR count). The van der Waals surface area contributed by atoms with Crippen LogP contribution in [0, 0.1) is 5.92 Å². The van der Waals surface area contributed by atoms with Crippen LogP contribution >= 0.6 is 0 Å². The van der Waals surface area contributed by atoms with Crippen LogP contribution in [0.5, 0.6) is 0 Å². The van der Waals surface area contributed by atoms with Gasteiger partial charge in [-0.25, -0.2) is 4.39 Å². The quantitative estimate of drug-likeness (QED) is 0.556. The molecule has 0 heterocycles. The third-order valence-corrected chi connectivity index (χ3v) is 2.78. The highest BCUT2D eigenvalue weighted by atomic mass is 19.1. The van der Waals surface area contributed by atoms with E-state index in [1.54, 1.807) is 6.08 Å². The van der Waals surface area contributed by atoms with Gasteiger partial charge in [0.15, 0.2) is 0 Å². The molecule has 1 heteroatoms. The van der Waals surface area contributed by atoms with Gasteiger partial charge in [0.2, 0.25) is 0 Å². The first-order valence-electron chi connectivity index (χ1n) is 5.24. The largest absolute Gasteiger partial charge is 0.212 e. The maximum Gasteiger partial charge on any atom is 0.0971 e. The van der Waals surface area contributed by atoms with Gasteiger partial charge in [0.05, 0.1) is 5.83 Å². The minimum absolute atomic E-state index is 0.0707. The molecule has 74 valence electrons. The molecule has 0 aromatic rings. The highest BCUT2D eigenvalue weighted by Gasteiger charge is 2.15. The van der Waals surface area contributed by atoms with Crippen molar-refractivity contribution in [2.75, 3.05) is 0 Å². The molecule has 0 unspecified atom stereocenters. The van der Waals surface area contributed by atoms with Gasteiger partial charge in [-0.3, -0.25) is 0 Å². The molecule has 0 spiro atoms. The van der Waals surface area contributed by atoms with E-state index in [0.717, 1.165) is 0 Å². The Morgan fingerprint density at radius 2 is 1.85 bits per heavy atom. The molecule has 0 aromatic heterocycles. The van der Waals surface area contributed by atoms with Gasteiger partial charge in [0.25, 0.3) is 0 Å². The van der Waals surface area contributed by atoms with Crippen molar-refractivity contribution in [1.29, 1.82) is 0 Å². The molecule has 0 radical (unpaired) electrons. The Hall–Kier alpha value is -0.590. The summed E-state index contributed by atoms with van der Waals surface area (Å²) in [6, 6.07) is 0. The molecule has 1 fully saturated rings. The number of rotatable bonds is 2. The maximum absolute atomic E-state index is 12.7. The Balaban J connectivity index is 2.60. The Morgan fingerprint density at radius 3 is 2.31 bits per heavy atom. The molecular formula is C12H19F. The van der Waals surface area contributed by atoms with Gasteiger partial charge in [-0.2, -0.15) is 0 Å². The molecule has 13 heavy (non-hydrogen) atoms. The summed E-state index contributed by atoms with van der Waals surface area (Å²) in [6.45, 7) is 3.52. The molecular weight excluding hydrogens is 163 g/mol. The number of hydrogen-bond donors (Lipinski definition) is 0. The van der Waals surface area contributed by atoms with E-state index in [0.29, 0.717) is 5.92 Å². The third-order valence-electron chi connectivity index (χ3n) is 2.78. The smallest absolute Gasteiger partial charge is 0.0971 e. The van der Waals surface area contributed by atoms with E-state index in [-0.39, 0.29) is 5.83 Å². The minimum Gasteiger partial charge on any atom is -0.212 e. The van der Waals surface area contributed by atoms with Crippen LogP contribution in [0.15, 0.2) is 23.6 Å². The van der Waals surface area contributed by atoms with Crippen molar-refractivity contribution in [3.8, 4) is 0 Å². The van der Waals surface area contributed by atoms with Crippen LogP contribution in [-0.4, -0.2) is 0 Å². The highest BCUT2D eigenvalue weighted by Crippen LogP contribution is 2.30. The molecule has 0 atom stereocenters. The summed E-state index contributed by atoms with van der Waals surface area (Å²) in [5.41, 5.74) is 1.19. The zero-order chi connectivity index (χ0) is 9.68. The van der Waals surface area contributed by atoms with Gasteiger partial charge < -0.3 is 0 Å². The standard InChI is InChI=1S/C12H19F/c1-3-11(9-10(2)13)12-7-5-4-6-8-12/h3,9,12H,4-8H2,1-2H3/b10-9+,11-3+. The fraction of sp³-hybridized carbons (Fsp3) is 0.667. The van der Waals surface area contributed by atoms with Gasteiger partial charge in [-0.15, -0.1) is 0 Å². The summed E-state index contributed by atoms with van der Waals surface area (Å²) in [6.07, 6.45) is 10.2. The second kappa shape index (κ2) is 5.21. The molecule has 0 nitrogen and oxygen atoms in total. The van der Waals surface area contributed by atoms with E-state index < -0.39 is 0 Å². The molecule has 1 aliphatic carbocycles. The third kappa shape index (κ3) is 3.33. The van der Waals surface area contributed by atoms with Gasteiger partial charge in [0.1, 0.15) is 0 Å². The van der Waals surface area contributed by atoms with Gasteiger partial charge in [0, 0.05) is 0 Å². The van der Waals surface area contributed by atoms with Crippen molar-refractivity contribution >= 4 is 0 Å². The predicted molar refractivity (Wildman–Crippen MR) is 55.2 cm³/mol. The number of hydrogen-bond acceptors (Lipinski definition) is 0. The second-order valence-corrected chi connectivity index (χ2v) is 3.85. The topological polar surface area (TPSA) is 0 Å². The van der Waals surface area contributed by atoms with Crippen LogP contribution in [0.1, 0.15) is 46.0 Å². The monoisotopic (exact) mass is 182 g/mol. The van der Waals surface area contributed by atoms with E-state index in [1.807, 2.05) is 6.92 Å². The average Bonchev–Trinajstić information content (AvgIpc) is 2.15. The molecule has 0 aliphatic heterocycles. The Bertz CT molecular complexity index is 203. The first kappa shape index (κ1) is 10.5. The summed E-state index contributed by atoms with van der Waals surface area (Å²) >= 11 is 0. The summed E-state index contributed by atoms with van der Waals surface area (Å²) in [7, 11) is 0. The predicted octanol–water partition coefficient (Wildman–Crippen LogP) is 4.39. The summed E-state index contributed by atoms with van der Waals surface area (Å²) in [5.74, 6) is 0.545. The SMILES string of the molecule is C/C=C(\C=C(/C)F)C1CCCCC1. The lowest BCUT2D eigenvalue weighted by Gasteiger charge is -2.22. The van der Waals surface area contributed by atoms with E-state index in [4.69, 9.17) is 0 Å². The van der Waals surface area contributed by atoms with Crippen molar-refractivity contribution in [3.05, 3.63) is 23.6 Å². The Morgan fingerprint density at radius 1 is 1.23 bits per heavy atom. The lowest BCUT2D eigenvalue weighted by Crippen LogP contribution is -2.07. The lowest BCUT2D eigenvalue weighted by molar-refractivity contribution is 0.407. The molecule has 0 bridgehead atoms. The van der Waals surface area contributed by atoms with E-state index in [9.17, 15) is 4.39 Å². The van der Waals surface area contributed by atoms with E-state index in [1.165, 1.54) is 44.6 Å². The van der Waals surface area contributed by atoms with Crippen LogP contribution in [0.2, 0.25) is 0 Å². The van der Waals surface area contributed by atoms with Crippen molar-refractivity contribution in [3.63, 3.8) is 0 Å².